The molecule has 0 saturated heterocycles. The van der Waals surface area contributed by atoms with Gasteiger partial charge in [-0.1, -0.05) is 0 Å². The molecule has 0 bridgehead atoms. The molecule has 3 nitrogen and oxygen atoms in total. The lowest BCUT2D eigenvalue weighted by Gasteiger charge is -2.06. The van der Waals surface area contributed by atoms with Gasteiger partial charge < -0.3 is 15.2 Å². The van der Waals surface area contributed by atoms with Crippen molar-refractivity contribution in [2.45, 2.75) is 20.1 Å². The SMILES string of the molecule is CCOc1ccc(OCc2ccc(CN)s2)cc1. The van der Waals surface area contributed by atoms with Crippen LogP contribution in [0, 0.1) is 0 Å². The Hall–Kier alpha value is -1.52. The van der Waals surface area contributed by atoms with Crippen LogP contribution in [0.4, 0.5) is 0 Å². The molecule has 0 aliphatic carbocycles. The summed E-state index contributed by atoms with van der Waals surface area (Å²) in [6.07, 6.45) is 0. The van der Waals surface area contributed by atoms with E-state index in [1.165, 1.54) is 9.75 Å². The fraction of sp³-hybridized carbons (Fsp3) is 0.286. The predicted octanol–water partition coefficient (Wildman–Crippen LogP) is 3.18. The smallest absolute Gasteiger partial charge is 0.122 e. The number of benzene rings is 1. The summed E-state index contributed by atoms with van der Waals surface area (Å²) < 4.78 is 11.1. The highest BCUT2D eigenvalue weighted by atomic mass is 32.1. The van der Waals surface area contributed by atoms with Crippen molar-refractivity contribution in [1.29, 1.82) is 0 Å². The molecule has 2 N–H and O–H groups in total. The Bertz CT molecular complexity index is 479. The molecule has 0 aliphatic heterocycles. The van der Waals surface area contributed by atoms with Crippen molar-refractivity contribution in [3.63, 3.8) is 0 Å². The minimum absolute atomic E-state index is 0.582. The fourth-order valence-electron chi connectivity index (χ4n) is 1.56. The van der Waals surface area contributed by atoms with Crippen LogP contribution in [0.2, 0.25) is 0 Å². The molecule has 1 heterocycles. The second kappa shape index (κ2) is 6.42. The van der Waals surface area contributed by atoms with Crippen LogP contribution in [0.3, 0.4) is 0 Å². The summed E-state index contributed by atoms with van der Waals surface area (Å²) in [5.74, 6) is 1.72. The van der Waals surface area contributed by atoms with Crippen LogP contribution in [0.15, 0.2) is 36.4 Å². The van der Waals surface area contributed by atoms with E-state index in [0.29, 0.717) is 19.8 Å². The number of hydrogen-bond acceptors (Lipinski definition) is 4. The van der Waals surface area contributed by atoms with Gasteiger partial charge >= 0.3 is 0 Å². The van der Waals surface area contributed by atoms with E-state index in [1.807, 2.05) is 37.3 Å². The van der Waals surface area contributed by atoms with E-state index in [-0.39, 0.29) is 0 Å². The van der Waals surface area contributed by atoms with Crippen LogP contribution in [0.1, 0.15) is 16.7 Å². The van der Waals surface area contributed by atoms with E-state index in [2.05, 4.69) is 6.07 Å². The first kappa shape index (κ1) is 12.9. The topological polar surface area (TPSA) is 44.5 Å². The zero-order valence-electron chi connectivity index (χ0n) is 10.4. The molecular weight excluding hydrogens is 246 g/mol. The van der Waals surface area contributed by atoms with E-state index in [9.17, 15) is 0 Å². The normalized spacial score (nSPS) is 10.3. The van der Waals surface area contributed by atoms with Crippen molar-refractivity contribution in [2.24, 2.45) is 5.73 Å². The van der Waals surface area contributed by atoms with Crippen molar-refractivity contribution in [3.05, 3.63) is 46.2 Å². The summed E-state index contributed by atoms with van der Waals surface area (Å²) in [6.45, 7) is 3.82. The van der Waals surface area contributed by atoms with Crippen LogP contribution < -0.4 is 15.2 Å². The Morgan fingerprint density at radius 2 is 1.56 bits per heavy atom. The van der Waals surface area contributed by atoms with E-state index in [1.54, 1.807) is 11.3 Å². The summed E-state index contributed by atoms with van der Waals surface area (Å²) in [7, 11) is 0. The highest BCUT2D eigenvalue weighted by Crippen LogP contribution is 2.21. The standard InChI is InChI=1S/C14H17NO2S/c1-2-16-11-3-5-12(6-4-11)17-10-14-8-7-13(9-15)18-14/h3-8H,2,9-10,15H2,1H3. The Labute approximate surface area is 111 Å². The van der Waals surface area contributed by atoms with Crippen molar-refractivity contribution in [3.8, 4) is 11.5 Å². The molecule has 0 unspecified atom stereocenters. The fourth-order valence-corrected chi connectivity index (χ4v) is 2.37. The second-order valence-corrected chi connectivity index (χ2v) is 5.02. The molecule has 0 aliphatic rings. The predicted molar refractivity (Wildman–Crippen MR) is 74.2 cm³/mol. The molecule has 18 heavy (non-hydrogen) atoms. The first-order valence-electron chi connectivity index (χ1n) is 5.95. The van der Waals surface area contributed by atoms with Crippen LogP contribution in [-0.4, -0.2) is 6.61 Å². The average Bonchev–Trinajstić information content (AvgIpc) is 2.86. The third-order valence-electron chi connectivity index (χ3n) is 2.43. The number of hydrogen-bond donors (Lipinski definition) is 1. The van der Waals surface area contributed by atoms with Crippen molar-refractivity contribution < 1.29 is 9.47 Å². The Kier molecular flexibility index (Phi) is 4.61. The molecule has 0 radical (unpaired) electrons. The lowest BCUT2D eigenvalue weighted by molar-refractivity contribution is 0.307. The van der Waals surface area contributed by atoms with Crippen LogP contribution >= 0.6 is 11.3 Å². The maximum absolute atomic E-state index is 5.70. The molecule has 0 amide bonds. The minimum Gasteiger partial charge on any atom is -0.494 e. The Morgan fingerprint density at radius 1 is 0.944 bits per heavy atom. The summed E-state index contributed by atoms with van der Waals surface area (Å²) >= 11 is 1.69. The lowest BCUT2D eigenvalue weighted by Crippen LogP contribution is -1.94. The maximum atomic E-state index is 5.70. The van der Waals surface area contributed by atoms with Crippen molar-refractivity contribution in [2.75, 3.05) is 6.61 Å². The second-order valence-electron chi connectivity index (χ2n) is 3.77. The third-order valence-corrected chi connectivity index (χ3v) is 3.52. The van der Waals surface area contributed by atoms with Gasteiger partial charge in [-0.25, -0.2) is 0 Å². The van der Waals surface area contributed by atoms with Crippen LogP contribution in [-0.2, 0) is 13.2 Å². The van der Waals surface area contributed by atoms with Gasteiger partial charge in [-0.15, -0.1) is 11.3 Å². The molecular formula is C14H17NO2S. The van der Waals surface area contributed by atoms with E-state index < -0.39 is 0 Å². The lowest BCUT2D eigenvalue weighted by atomic mass is 10.3. The third kappa shape index (κ3) is 3.48. The van der Waals surface area contributed by atoms with Gasteiger partial charge in [-0.2, -0.15) is 0 Å². The molecule has 4 heteroatoms. The zero-order valence-corrected chi connectivity index (χ0v) is 11.2. The van der Waals surface area contributed by atoms with E-state index >= 15 is 0 Å². The van der Waals surface area contributed by atoms with Gasteiger partial charge in [0.2, 0.25) is 0 Å². The minimum atomic E-state index is 0.582. The van der Waals surface area contributed by atoms with E-state index in [4.69, 9.17) is 15.2 Å². The van der Waals surface area contributed by atoms with Gasteiger partial charge in [0.25, 0.3) is 0 Å². The summed E-state index contributed by atoms with van der Waals surface area (Å²) in [6, 6.07) is 11.8. The molecule has 2 rings (SSSR count). The Morgan fingerprint density at radius 3 is 2.11 bits per heavy atom. The maximum Gasteiger partial charge on any atom is 0.122 e. The molecule has 0 atom stereocenters. The number of thiophene rings is 1. The zero-order chi connectivity index (χ0) is 12.8. The van der Waals surface area contributed by atoms with Crippen molar-refractivity contribution >= 4 is 11.3 Å². The average molecular weight is 263 g/mol. The van der Waals surface area contributed by atoms with E-state index in [0.717, 1.165) is 11.5 Å². The monoisotopic (exact) mass is 263 g/mol. The molecule has 2 aromatic rings. The molecule has 0 fully saturated rings. The van der Waals surface area contributed by atoms with Crippen molar-refractivity contribution in [1.82, 2.24) is 0 Å². The summed E-state index contributed by atoms with van der Waals surface area (Å²) in [5.41, 5.74) is 5.57. The highest BCUT2D eigenvalue weighted by molar-refractivity contribution is 7.11. The van der Waals surface area contributed by atoms with Gasteiger partial charge in [-0.05, 0) is 43.3 Å². The largest absolute Gasteiger partial charge is 0.494 e. The summed E-state index contributed by atoms with van der Waals surface area (Å²) in [4.78, 5) is 2.37. The molecule has 0 spiro atoms. The van der Waals surface area contributed by atoms with Gasteiger partial charge in [0, 0.05) is 16.3 Å². The van der Waals surface area contributed by atoms with Crippen LogP contribution in [0.25, 0.3) is 0 Å². The van der Waals surface area contributed by atoms with Gasteiger partial charge in [-0.3, -0.25) is 0 Å². The first-order chi connectivity index (χ1) is 8.81. The highest BCUT2D eigenvalue weighted by Gasteiger charge is 2.00. The molecule has 1 aromatic carbocycles. The molecule has 1 aromatic heterocycles. The number of ether oxygens (including phenoxy) is 2. The van der Waals surface area contributed by atoms with Gasteiger partial charge in [0.05, 0.1) is 6.61 Å². The van der Waals surface area contributed by atoms with Gasteiger partial charge in [0.15, 0.2) is 0 Å². The molecule has 0 saturated carbocycles. The van der Waals surface area contributed by atoms with Crippen LogP contribution in [0.5, 0.6) is 11.5 Å². The Balaban J connectivity index is 1.89. The first-order valence-corrected chi connectivity index (χ1v) is 6.76. The number of rotatable bonds is 6. The van der Waals surface area contributed by atoms with Gasteiger partial charge in [0.1, 0.15) is 18.1 Å². The molecule has 96 valence electrons. The number of nitrogens with two attached hydrogens (primary N) is 1. The summed E-state index contributed by atoms with van der Waals surface area (Å²) in [5, 5.41) is 0. The quantitative estimate of drug-likeness (QED) is 0.870.